The molecule has 0 saturated carbocycles. The molecule has 0 radical (unpaired) electrons. The maximum atomic E-state index is 5.99. The number of hydrogen-bond donors (Lipinski definition) is 0. The number of ether oxygens (including phenoxy) is 3. The summed E-state index contributed by atoms with van der Waals surface area (Å²) < 4.78 is 18.4. The first-order valence-electron chi connectivity index (χ1n) is 6.92. The van der Waals surface area contributed by atoms with Gasteiger partial charge >= 0.3 is 0 Å². The standard InChI is InChI=1S/C17H17BrO3/c1-17(20-9-10-21-17)15-8-7-14(18)11-16(15)19-12-13-5-3-2-4-6-13/h2-8,11H,9-10,12H2,1H3. The van der Waals surface area contributed by atoms with E-state index in [0.717, 1.165) is 21.3 Å². The molecule has 0 aliphatic carbocycles. The number of halogens is 1. The van der Waals surface area contributed by atoms with Crippen molar-refractivity contribution in [2.45, 2.75) is 19.3 Å². The highest BCUT2D eigenvalue weighted by molar-refractivity contribution is 9.10. The van der Waals surface area contributed by atoms with E-state index in [1.165, 1.54) is 0 Å². The maximum absolute atomic E-state index is 5.99. The van der Waals surface area contributed by atoms with E-state index < -0.39 is 5.79 Å². The van der Waals surface area contributed by atoms with Crippen LogP contribution >= 0.6 is 15.9 Å². The van der Waals surface area contributed by atoms with E-state index in [9.17, 15) is 0 Å². The first kappa shape index (κ1) is 14.6. The summed E-state index contributed by atoms with van der Waals surface area (Å²) in [4.78, 5) is 0. The molecule has 3 rings (SSSR count). The largest absolute Gasteiger partial charge is 0.488 e. The minimum absolute atomic E-state index is 0.514. The predicted octanol–water partition coefficient (Wildman–Crippen LogP) is 4.25. The van der Waals surface area contributed by atoms with Gasteiger partial charge < -0.3 is 14.2 Å². The highest BCUT2D eigenvalue weighted by atomic mass is 79.9. The fourth-order valence-corrected chi connectivity index (χ4v) is 2.74. The van der Waals surface area contributed by atoms with Crippen LogP contribution in [0.3, 0.4) is 0 Å². The molecule has 1 saturated heterocycles. The summed E-state index contributed by atoms with van der Waals surface area (Å²) in [5.74, 6) is 0.0461. The van der Waals surface area contributed by atoms with Gasteiger partial charge in [-0.3, -0.25) is 0 Å². The highest BCUT2D eigenvalue weighted by Crippen LogP contribution is 2.38. The summed E-state index contributed by atoms with van der Waals surface area (Å²) >= 11 is 3.49. The number of rotatable bonds is 4. The van der Waals surface area contributed by atoms with Crippen molar-refractivity contribution in [3.05, 3.63) is 64.1 Å². The topological polar surface area (TPSA) is 27.7 Å². The molecule has 1 aliphatic rings. The molecule has 0 bridgehead atoms. The van der Waals surface area contributed by atoms with E-state index in [0.29, 0.717) is 19.8 Å². The van der Waals surface area contributed by atoms with Crippen LogP contribution in [0, 0.1) is 0 Å². The van der Waals surface area contributed by atoms with Gasteiger partial charge in [-0.15, -0.1) is 0 Å². The molecule has 2 aromatic rings. The average Bonchev–Trinajstić information content (AvgIpc) is 2.94. The molecule has 3 nitrogen and oxygen atoms in total. The third-order valence-corrected chi connectivity index (χ3v) is 4.00. The van der Waals surface area contributed by atoms with Crippen LogP contribution in [0.2, 0.25) is 0 Å². The predicted molar refractivity (Wildman–Crippen MR) is 84.2 cm³/mol. The molecule has 0 N–H and O–H groups in total. The first-order chi connectivity index (χ1) is 10.2. The van der Waals surface area contributed by atoms with Crippen LogP contribution in [0.25, 0.3) is 0 Å². The lowest BCUT2D eigenvalue weighted by molar-refractivity contribution is -0.150. The molecule has 2 aromatic carbocycles. The molecule has 1 fully saturated rings. The number of benzene rings is 2. The first-order valence-corrected chi connectivity index (χ1v) is 7.71. The van der Waals surface area contributed by atoms with Crippen LogP contribution in [-0.4, -0.2) is 13.2 Å². The van der Waals surface area contributed by atoms with Crippen LogP contribution in [-0.2, 0) is 21.9 Å². The Hall–Kier alpha value is -1.36. The van der Waals surface area contributed by atoms with Gasteiger partial charge in [0.2, 0.25) is 0 Å². The van der Waals surface area contributed by atoms with Crippen molar-refractivity contribution < 1.29 is 14.2 Å². The molecule has 4 heteroatoms. The zero-order chi connectivity index (χ0) is 14.7. The van der Waals surface area contributed by atoms with Gasteiger partial charge in [-0.2, -0.15) is 0 Å². The lowest BCUT2D eigenvalue weighted by Crippen LogP contribution is -2.23. The normalized spacial score (nSPS) is 16.9. The molecule has 1 heterocycles. The van der Waals surface area contributed by atoms with E-state index in [1.54, 1.807) is 0 Å². The Balaban J connectivity index is 1.85. The molecule has 0 atom stereocenters. The van der Waals surface area contributed by atoms with Crippen LogP contribution in [0.15, 0.2) is 53.0 Å². The van der Waals surface area contributed by atoms with Crippen molar-refractivity contribution in [3.8, 4) is 5.75 Å². The van der Waals surface area contributed by atoms with Gasteiger partial charge in [0.25, 0.3) is 0 Å². The Bertz CT molecular complexity index is 607. The second-order valence-corrected chi connectivity index (χ2v) is 5.97. The van der Waals surface area contributed by atoms with Gasteiger partial charge in [0.15, 0.2) is 5.79 Å². The van der Waals surface area contributed by atoms with Crippen LogP contribution < -0.4 is 4.74 Å². The second kappa shape index (κ2) is 6.18. The summed E-state index contributed by atoms with van der Waals surface area (Å²) in [5, 5.41) is 0. The minimum atomic E-state index is -0.729. The van der Waals surface area contributed by atoms with Gasteiger partial charge in [0.1, 0.15) is 12.4 Å². The quantitative estimate of drug-likeness (QED) is 0.826. The number of hydrogen-bond acceptors (Lipinski definition) is 3. The van der Waals surface area contributed by atoms with Crippen molar-refractivity contribution in [1.82, 2.24) is 0 Å². The Morgan fingerprint density at radius 1 is 1.10 bits per heavy atom. The maximum Gasteiger partial charge on any atom is 0.195 e. The average molecular weight is 349 g/mol. The summed E-state index contributed by atoms with van der Waals surface area (Å²) in [6.45, 7) is 3.65. The van der Waals surface area contributed by atoms with E-state index in [-0.39, 0.29) is 0 Å². The summed E-state index contributed by atoms with van der Waals surface area (Å²) in [6, 6.07) is 16.0. The molecule has 0 spiro atoms. The second-order valence-electron chi connectivity index (χ2n) is 5.06. The van der Waals surface area contributed by atoms with Gasteiger partial charge in [-0.1, -0.05) is 46.3 Å². The summed E-state index contributed by atoms with van der Waals surface area (Å²) in [7, 11) is 0. The van der Waals surface area contributed by atoms with E-state index in [1.807, 2.05) is 55.5 Å². The van der Waals surface area contributed by atoms with Crippen molar-refractivity contribution in [2.24, 2.45) is 0 Å². The van der Waals surface area contributed by atoms with Crippen molar-refractivity contribution >= 4 is 15.9 Å². The van der Waals surface area contributed by atoms with Crippen LogP contribution in [0.4, 0.5) is 0 Å². The van der Waals surface area contributed by atoms with Crippen LogP contribution in [0.1, 0.15) is 18.1 Å². The van der Waals surface area contributed by atoms with Crippen molar-refractivity contribution in [2.75, 3.05) is 13.2 Å². The zero-order valence-corrected chi connectivity index (χ0v) is 13.4. The molecule has 110 valence electrons. The minimum Gasteiger partial charge on any atom is -0.488 e. The lowest BCUT2D eigenvalue weighted by atomic mass is 10.1. The summed E-state index contributed by atoms with van der Waals surface area (Å²) in [6.07, 6.45) is 0. The Labute approximate surface area is 133 Å². The van der Waals surface area contributed by atoms with Gasteiger partial charge in [0, 0.05) is 4.47 Å². The molecule has 1 aliphatic heterocycles. The fraction of sp³-hybridized carbons (Fsp3) is 0.294. The third-order valence-electron chi connectivity index (χ3n) is 3.51. The lowest BCUT2D eigenvalue weighted by Gasteiger charge is -2.25. The molecular formula is C17H17BrO3. The zero-order valence-electron chi connectivity index (χ0n) is 11.8. The third kappa shape index (κ3) is 3.28. The SMILES string of the molecule is CC1(c2ccc(Br)cc2OCc2ccccc2)OCCO1. The van der Waals surface area contributed by atoms with Gasteiger partial charge in [-0.25, -0.2) is 0 Å². The monoisotopic (exact) mass is 348 g/mol. The Kier molecular flexibility index (Phi) is 4.29. The Morgan fingerprint density at radius 2 is 1.81 bits per heavy atom. The molecular weight excluding hydrogens is 332 g/mol. The molecule has 0 amide bonds. The van der Waals surface area contributed by atoms with Gasteiger partial charge in [0.05, 0.1) is 18.8 Å². The fourth-order valence-electron chi connectivity index (χ4n) is 2.40. The smallest absolute Gasteiger partial charge is 0.195 e. The van der Waals surface area contributed by atoms with E-state index in [2.05, 4.69) is 15.9 Å². The molecule has 0 aromatic heterocycles. The van der Waals surface area contributed by atoms with Crippen molar-refractivity contribution in [1.29, 1.82) is 0 Å². The van der Waals surface area contributed by atoms with E-state index in [4.69, 9.17) is 14.2 Å². The molecule has 21 heavy (non-hydrogen) atoms. The highest BCUT2D eigenvalue weighted by Gasteiger charge is 2.35. The Morgan fingerprint density at radius 3 is 2.52 bits per heavy atom. The van der Waals surface area contributed by atoms with Gasteiger partial charge in [-0.05, 0) is 30.7 Å². The molecule has 0 unspecified atom stereocenters. The van der Waals surface area contributed by atoms with Crippen LogP contribution in [0.5, 0.6) is 5.75 Å². The summed E-state index contributed by atoms with van der Waals surface area (Å²) in [5.41, 5.74) is 2.04. The van der Waals surface area contributed by atoms with E-state index >= 15 is 0 Å². The van der Waals surface area contributed by atoms with Crippen molar-refractivity contribution in [3.63, 3.8) is 0 Å².